The Morgan fingerprint density at radius 2 is 2.23 bits per heavy atom. The van der Waals surface area contributed by atoms with E-state index in [1.54, 1.807) is 5.32 Å². The standard InChI is InChI=1S/C5H5F3N4O/c1-12-2-3(10-11-12)9-4(13)5(6,7)8/h2H,1H3,(H,9,13). The van der Waals surface area contributed by atoms with Crippen LogP contribution in [-0.4, -0.2) is 27.1 Å². The fraction of sp³-hybridized carbons (Fsp3) is 0.400. The summed E-state index contributed by atoms with van der Waals surface area (Å²) in [4.78, 5) is 10.3. The highest BCUT2D eigenvalue weighted by molar-refractivity contribution is 5.93. The number of aromatic nitrogens is 3. The van der Waals surface area contributed by atoms with Crippen LogP contribution in [-0.2, 0) is 11.8 Å². The fourth-order valence-corrected chi connectivity index (χ4v) is 0.592. The number of nitrogens with zero attached hydrogens (tertiary/aromatic N) is 3. The first-order valence-electron chi connectivity index (χ1n) is 3.14. The van der Waals surface area contributed by atoms with Crippen molar-refractivity contribution in [2.45, 2.75) is 6.18 Å². The van der Waals surface area contributed by atoms with Crippen LogP contribution in [0.1, 0.15) is 0 Å². The molecule has 0 unspecified atom stereocenters. The predicted octanol–water partition coefficient (Wildman–Crippen LogP) is 0.316. The first-order chi connectivity index (χ1) is 5.89. The summed E-state index contributed by atoms with van der Waals surface area (Å²) in [6.07, 6.45) is -3.75. The van der Waals surface area contributed by atoms with E-state index in [9.17, 15) is 18.0 Å². The van der Waals surface area contributed by atoms with Gasteiger partial charge >= 0.3 is 12.1 Å². The first-order valence-corrected chi connectivity index (χ1v) is 3.14. The van der Waals surface area contributed by atoms with Crippen LogP contribution in [0.4, 0.5) is 19.0 Å². The molecule has 1 heterocycles. The molecular formula is C5H5F3N4O. The molecule has 0 spiro atoms. The zero-order chi connectivity index (χ0) is 10.1. The molecule has 0 aliphatic rings. The summed E-state index contributed by atoms with van der Waals surface area (Å²) in [7, 11) is 1.47. The molecule has 13 heavy (non-hydrogen) atoms. The molecule has 0 atom stereocenters. The Labute approximate surface area is 70.5 Å². The van der Waals surface area contributed by atoms with Gasteiger partial charge in [0, 0.05) is 7.05 Å². The Balaban J connectivity index is 2.65. The second-order valence-electron chi connectivity index (χ2n) is 2.23. The van der Waals surface area contributed by atoms with E-state index >= 15 is 0 Å². The highest BCUT2D eigenvalue weighted by Gasteiger charge is 2.39. The van der Waals surface area contributed by atoms with Crippen molar-refractivity contribution in [2.24, 2.45) is 7.05 Å². The van der Waals surface area contributed by atoms with Gasteiger partial charge < -0.3 is 0 Å². The second-order valence-corrected chi connectivity index (χ2v) is 2.23. The normalized spacial score (nSPS) is 11.4. The number of nitrogens with one attached hydrogen (secondary N) is 1. The number of hydrogen-bond donors (Lipinski definition) is 1. The van der Waals surface area contributed by atoms with Crippen molar-refractivity contribution in [3.8, 4) is 0 Å². The van der Waals surface area contributed by atoms with Gasteiger partial charge in [-0.15, -0.1) is 5.10 Å². The highest BCUT2D eigenvalue weighted by Crippen LogP contribution is 2.16. The van der Waals surface area contributed by atoms with Crippen LogP contribution >= 0.6 is 0 Å². The van der Waals surface area contributed by atoms with Crippen molar-refractivity contribution >= 4 is 11.7 Å². The molecular weight excluding hydrogens is 189 g/mol. The number of carbonyl (C=O) groups is 1. The predicted molar refractivity (Wildman–Crippen MR) is 35.7 cm³/mol. The maximum atomic E-state index is 11.7. The maximum Gasteiger partial charge on any atom is 0.471 e. The van der Waals surface area contributed by atoms with Crippen LogP contribution in [0.15, 0.2) is 6.20 Å². The smallest absolute Gasteiger partial charge is 0.300 e. The van der Waals surface area contributed by atoms with Crippen molar-refractivity contribution in [3.05, 3.63) is 6.20 Å². The number of carbonyl (C=O) groups excluding carboxylic acids is 1. The molecule has 0 radical (unpaired) electrons. The average Bonchev–Trinajstić information content (AvgIpc) is 2.33. The summed E-state index contributed by atoms with van der Waals surface area (Å²) in [5, 5.41) is 8.13. The second kappa shape index (κ2) is 3.04. The van der Waals surface area contributed by atoms with Crippen molar-refractivity contribution in [1.29, 1.82) is 0 Å². The molecule has 72 valence electrons. The van der Waals surface area contributed by atoms with Crippen molar-refractivity contribution in [3.63, 3.8) is 0 Å². The minimum atomic E-state index is -4.91. The van der Waals surface area contributed by atoms with E-state index in [0.29, 0.717) is 0 Å². The van der Waals surface area contributed by atoms with Crippen LogP contribution < -0.4 is 5.32 Å². The fourth-order valence-electron chi connectivity index (χ4n) is 0.592. The first kappa shape index (κ1) is 9.49. The van der Waals surface area contributed by atoms with E-state index < -0.39 is 12.1 Å². The van der Waals surface area contributed by atoms with E-state index in [-0.39, 0.29) is 5.82 Å². The van der Waals surface area contributed by atoms with Crippen LogP contribution in [0, 0.1) is 0 Å². The third-order valence-electron chi connectivity index (χ3n) is 1.10. The van der Waals surface area contributed by atoms with Crippen molar-refractivity contribution in [1.82, 2.24) is 15.0 Å². The SMILES string of the molecule is Cn1cc(NC(=O)C(F)(F)F)nn1. The molecule has 1 rings (SSSR count). The van der Waals surface area contributed by atoms with Gasteiger partial charge in [0.1, 0.15) is 0 Å². The van der Waals surface area contributed by atoms with Crippen molar-refractivity contribution < 1.29 is 18.0 Å². The van der Waals surface area contributed by atoms with Gasteiger partial charge in [0.05, 0.1) is 6.20 Å². The number of anilines is 1. The van der Waals surface area contributed by atoms with Gasteiger partial charge in [-0.2, -0.15) is 13.2 Å². The molecule has 5 nitrogen and oxygen atoms in total. The molecule has 1 aromatic rings. The molecule has 1 N–H and O–H groups in total. The van der Waals surface area contributed by atoms with Gasteiger partial charge in [-0.05, 0) is 0 Å². The number of amides is 1. The lowest BCUT2D eigenvalue weighted by molar-refractivity contribution is -0.167. The largest absolute Gasteiger partial charge is 0.471 e. The van der Waals surface area contributed by atoms with Gasteiger partial charge in [-0.3, -0.25) is 14.8 Å². The minimum absolute atomic E-state index is 0.232. The summed E-state index contributed by atoms with van der Waals surface area (Å²) in [6.45, 7) is 0. The summed E-state index contributed by atoms with van der Waals surface area (Å²) in [5.74, 6) is -2.29. The summed E-state index contributed by atoms with van der Waals surface area (Å²) >= 11 is 0. The molecule has 0 aliphatic carbocycles. The Kier molecular flexibility index (Phi) is 2.22. The van der Waals surface area contributed by atoms with Gasteiger partial charge in [-0.1, -0.05) is 5.21 Å². The molecule has 0 fully saturated rings. The van der Waals surface area contributed by atoms with Gasteiger partial charge in [0.2, 0.25) is 0 Å². The van der Waals surface area contributed by atoms with Crippen LogP contribution in [0.3, 0.4) is 0 Å². The molecule has 0 aromatic carbocycles. The van der Waals surface area contributed by atoms with Gasteiger partial charge in [0.25, 0.3) is 0 Å². The topological polar surface area (TPSA) is 59.8 Å². The molecule has 1 aromatic heterocycles. The number of hydrogen-bond acceptors (Lipinski definition) is 3. The maximum absolute atomic E-state index is 11.7. The zero-order valence-electron chi connectivity index (χ0n) is 6.46. The molecule has 0 aliphatic heterocycles. The van der Waals surface area contributed by atoms with E-state index in [4.69, 9.17) is 0 Å². The summed E-state index contributed by atoms with van der Waals surface area (Å²) < 4.78 is 36.2. The minimum Gasteiger partial charge on any atom is -0.300 e. The van der Waals surface area contributed by atoms with Gasteiger partial charge in [0.15, 0.2) is 5.82 Å². The Morgan fingerprint density at radius 1 is 1.62 bits per heavy atom. The van der Waals surface area contributed by atoms with E-state index in [1.807, 2.05) is 0 Å². The lowest BCUT2D eigenvalue weighted by Crippen LogP contribution is -2.30. The number of aryl methyl sites for hydroxylation is 1. The quantitative estimate of drug-likeness (QED) is 0.700. The Morgan fingerprint density at radius 3 is 2.62 bits per heavy atom. The number of rotatable bonds is 1. The molecule has 0 saturated carbocycles. The van der Waals surface area contributed by atoms with E-state index in [1.165, 1.54) is 11.7 Å². The average molecular weight is 194 g/mol. The Bertz CT molecular complexity index is 318. The molecule has 8 heteroatoms. The molecule has 1 amide bonds. The van der Waals surface area contributed by atoms with Crippen molar-refractivity contribution in [2.75, 3.05) is 5.32 Å². The number of halogens is 3. The van der Waals surface area contributed by atoms with Gasteiger partial charge in [-0.25, -0.2) is 0 Å². The third-order valence-corrected chi connectivity index (χ3v) is 1.10. The molecule has 0 bridgehead atoms. The lowest BCUT2D eigenvalue weighted by Gasteiger charge is -2.03. The van der Waals surface area contributed by atoms with Crippen LogP contribution in [0.5, 0.6) is 0 Å². The summed E-state index contributed by atoms with van der Waals surface area (Å²) in [6, 6.07) is 0. The summed E-state index contributed by atoms with van der Waals surface area (Å²) in [5.41, 5.74) is 0. The molecule has 0 saturated heterocycles. The van der Waals surface area contributed by atoms with E-state index in [2.05, 4.69) is 10.3 Å². The van der Waals surface area contributed by atoms with Crippen LogP contribution in [0.2, 0.25) is 0 Å². The third kappa shape index (κ3) is 2.42. The Hall–Kier alpha value is -1.60. The lowest BCUT2D eigenvalue weighted by atomic mass is 10.5. The zero-order valence-corrected chi connectivity index (χ0v) is 6.46. The van der Waals surface area contributed by atoms with E-state index in [0.717, 1.165) is 6.20 Å². The van der Waals surface area contributed by atoms with Crippen LogP contribution in [0.25, 0.3) is 0 Å². The highest BCUT2D eigenvalue weighted by atomic mass is 19.4. The monoisotopic (exact) mass is 194 g/mol. The number of alkyl halides is 3.